The monoisotopic (exact) mass is 448 g/mol. The number of ketones is 1. The lowest BCUT2D eigenvalue weighted by molar-refractivity contribution is -0.113. The molecule has 0 radical (unpaired) electrons. The average molecular weight is 449 g/mol. The molecule has 3 rings (SSSR count). The third-order valence-corrected chi connectivity index (χ3v) is 5.78. The molecule has 0 unspecified atom stereocenters. The summed E-state index contributed by atoms with van der Waals surface area (Å²) in [6.45, 7) is -1.01. The zero-order valence-electron chi connectivity index (χ0n) is 15.9. The van der Waals surface area contributed by atoms with Gasteiger partial charge in [-0.15, -0.1) is 23.1 Å². The summed E-state index contributed by atoms with van der Waals surface area (Å²) in [4.78, 5) is 29.5. The summed E-state index contributed by atoms with van der Waals surface area (Å²) in [5.41, 5.74) is 2.01. The van der Waals surface area contributed by atoms with Crippen LogP contribution in [0.15, 0.2) is 54.6 Å². The Morgan fingerprint density at radius 2 is 1.80 bits per heavy atom. The molecule has 30 heavy (non-hydrogen) atoms. The molecule has 1 heterocycles. The molecule has 156 valence electrons. The van der Waals surface area contributed by atoms with Crippen LogP contribution in [0.1, 0.15) is 15.2 Å². The number of hydrogen-bond donors (Lipinski definition) is 1. The minimum atomic E-state index is -2.88. The third kappa shape index (κ3) is 6.11. The Bertz CT molecular complexity index is 1010. The van der Waals surface area contributed by atoms with Crippen LogP contribution in [-0.4, -0.2) is 34.8 Å². The van der Waals surface area contributed by atoms with Crippen LogP contribution in [0.3, 0.4) is 0 Å². The number of halogens is 2. The van der Waals surface area contributed by atoms with E-state index in [0.29, 0.717) is 16.4 Å². The van der Waals surface area contributed by atoms with Gasteiger partial charge < -0.3 is 10.1 Å². The maximum absolute atomic E-state index is 12.3. The molecule has 0 bridgehead atoms. The summed E-state index contributed by atoms with van der Waals surface area (Å²) in [7, 11) is 0. The van der Waals surface area contributed by atoms with E-state index in [0.717, 1.165) is 10.4 Å². The van der Waals surface area contributed by atoms with Gasteiger partial charge in [-0.1, -0.05) is 30.3 Å². The van der Waals surface area contributed by atoms with E-state index in [9.17, 15) is 18.4 Å². The Labute approximate surface area is 180 Å². The number of nitrogens with one attached hydrogen (secondary N) is 1. The predicted octanol–water partition coefficient (Wildman–Crippen LogP) is 5.27. The smallest absolute Gasteiger partial charge is 0.387 e. The molecule has 1 aromatic heterocycles. The maximum atomic E-state index is 12.3. The normalized spacial score (nSPS) is 10.8. The van der Waals surface area contributed by atoms with Crippen LogP contribution in [0.5, 0.6) is 5.75 Å². The molecule has 0 saturated carbocycles. The first kappa shape index (κ1) is 21.9. The van der Waals surface area contributed by atoms with Gasteiger partial charge in [0, 0.05) is 16.0 Å². The minimum absolute atomic E-state index is 0.0277. The van der Waals surface area contributed by atoms with E-state index in [4.69, 9.17) is 0 Å². The number of Topliss-reactive ketones (excluding diaryl/α,β-unsaturated/α-hetero) is 1. The molecule has 2 aromatic carbocycles. The number of alkyl halides is 2. The van der Waals surface area contributed by atoms with Crippen molar-refractivity contribution in [3.05, 3.63) is 65.0 Å². The lowest BCUT2D eigenvalue weighted by atomic mass is 10.1. The molecular formula is C21H18F2N2O3S2. The maximum Gasteiger partial charge on any atom is 0.387 e. The molecule has 0 spiro atoms. The molecule has 1 N–H and O–H groups in total. The summed E-state index contributed by atoms with van der Waals surface area (Å²) in [6, 6.07) is 15.1. The number of hydrogen-bond acceptors (Lipinski definition) is 6. The summed E-state index contributed by atoms with van der Waals surface area (Å²) in [5.74, 6) is 0.137. The molecule has 3 aromatic rings. The quantitative estimate of drug-likeness (QED) is 0.452. The summed E-state index contributed by atoms with van der Waals surface area (Å²) >= 11 is 2.56. The molecule has 9 heteroatoms. The van der Waals surface area contributed by atoms with Crippen molar-refractivity contribution in [3.8, 4) is 17.0 Å². The number of ether oxygens (including phenoxy) is 1. The fourth-order valence-electron chi connectivity index (χ4n) is 2.61. The first-order valence-electron chi connectivity index (χ1n) is 8.91. The van der Waals surface area contributed by atoms with Gasteiger partial charge in [-0.05, 0) is 31.2 Å². The standard InChI is InChI=1S/C21H18F2N2O3S2/c1-13-19(15-7-9-16(10-8-15)28-20(22)23)25-21(30-13)24-18(27)12-29-11-17(26)14-5-3-2-4-6-14/h2-10,20H,11-12H2,1H3,(H,24,25,27). The van der Waals surface area contributed by atoms with E-state index in [1.54, 1.807) is 36.4 Å². The first-order valence-corrected chi connectivity index (χ1v) is 10.9. The zero-order valence-corrected chi connectivity index (χ0v) is 17.6. The van der Waals surface area contributed by atoms with Crippen molar-refractivity contribution in [2.45, 2.75) is 13.5 Å². The second kappa shape index (κ2) is 10.3. The number of amides is 1. The van der Waals surface area contributed by atoms with Gasteiger partial charge in [0.05, 0.1) is 17.2 Å². The van der Waals surface area contributed by atoms with E-state index >= 15 is 0 Å². The van der Waals surface area contributed by atoms with Crippen molar-refractivity contribution >= 4 is 39.9 Å². The minimum Gasteiger partial charge on any atom is -0.435 e. The number of thiazole rings is 1. The van der Waals surface area contributed by atoms with Crippen LogP contribution in [0.2, 0.25) is 0 Å². The topological polar surface area (TPSA) is 68.3 Å². The van der Waals surface area contributed by atoms with Crippen LogP contribution >= 0.6 is 23.1 Å². The second-order valence-electron chi connectivity index (χ2n) is 6.16. The van der Waals surface area contributed by atoms with Gasteiger partial charge in [0.25, 0.3) is 0 Å². The average Bonchev–Trinajstić information content (AvgIpc) is 3.08. The predicted molar refractivity (Wildman–Crippen MR) is 116 cm³/mol. The summed E-state index contributed by atoms with van der Waals surface area (Å²) in [5, 5.41) is 3.18. The highest BCUT2D eigenvalue weighted by Gasteiger charge is 2.14. The van der Waals surface area contributed by atoms with Gasteiger partial charge in [0.15, 0.2) is 10.9 Å². The Morgan fingerprint density at radius 1 is 1.10 bits per heavy atom. The molecule has 0 fully saturated rings. The Kier molecular flexibility index (Phi) is 7.53. The van der Waals surface area contributed by atoms with Crippen LogP contribution < -0.4 is 10.1 Å². The van der Waals surface area contributed by atoms with Gasteiger partial charge in [-0.2, -0.15) is 8.78 Å². The van der Waals surface area contributed by atoms with Crippen LogP contribution in [0.4, 0.5) is 13.9 Å². The van der Waals surface area contributed by atoms with Gasteiger partial charge in [-0.3, -0.25) is 9.59 Å². The summed E-state index contributed by atoms with van der Waals surface area (Å²) < 4.78 is 28.9. The van der Waals surface area contributed by atoms with E-state index in [-0.39, 0.29) is 28.9 Å². The van der Waals surface area contributed by atoms with Crippen molar-refractivity contribution in [2.75, 3.05) is 16.8 Å². The van der Waals surface area contributed by atoms with E-state index < -0.39 is 6.61 Å². The highest BCUT2D eigenvalue weighted by Crippen LogP contribution is 2.31. The summed E-state index contributed by atoms with van der Waals surface area (Å²) in [6.07, 6.45) is 0. The number of anilines is 1. The number of rotatable bonds is 9. The van der Waals surface area contributed by atoms with Gasteiger partial charge >= 0.3 is 6.61 Å². The van der Waals surface area contributed by atoms with Gasteiger partial charge in [0.1, 0.15) is 5.75 Å². The first-order chi connectivity index (χ1) is 14.4. The zero-order chi connectivity index (χ0) is 21.5. The van der Waals surface area contributed by atoms with Crippen LogP contribution in [0, 0.1) is 6.92 Å². The molecule has 0 saturated heterocycles. The molecule has 0 aliphatic rings. The SMILES string of the molecule is Cc1sc(NC(=O)CSCC(=O)c2ccccc2)nc1-c1ccc(OC(F)F)cc1. The lowest BCUT2D eigenvalue weighted by Crippen LogP contribution is -2.15. The van der Waals surface area contributed by atoms with Crippen molar-refractivity contribution in [2.24, 2.45) is 0 Å². The third-order valence-electron chi connectivity index (χ3n) is 3.96. The molecule has 0 aliphatic carbocycles. The number of nitrogens with zero attached hydrogens (tertiary/aromatic N) is 1. The van der Waals surface area contributed by atoms with E-state index in [2.05, 4.69) is 15.0 Å². The van der Waals surface area contributed by atoms with Crippen molar-refractivity contribution in [1.82, 2.24) is 4.98 Å². The van der Waals surface area contributed by atoms with Crippen LogP contribution in [0.25, 0.3) is 11.3 Å². The number of carbonyl (C=O) groups excluding carboxylic acids is 2. The molecule has 0 aliphatic heterocycles. The number of benzene rings is 2. The van der Waals surface area contributed by atoms with Crippen molar-refractivity contribution in [1.29, 1.82) is 0 Å². The lowest BCUT2D eigenvalue weighted by Gasteiger charge is -2.05. The number of aromatic nitrogens is 1. The Morgan fingerprint density at radius 3 is 2.47 bits per heavy atom. The fraction of sp³-hybridized carbons (Fsp3) is 0.190. The van der Waals surface area contributed by atoms with Crippen LogP contribution in [-0.2, 0) is 4.79 Å². The van der Waals surface area contributed by atoms with Gasteiger partial charge in [-0.25, -0.2) is 4.98 Å². The highest BCUT2D eigenvalue weighted by molar-refractivity contribution is 8.00. The second-order valence-corrected chi connectivity index (χ2v) is 8.35. The fourth-order valence-corrected chi connectivity index (χ4v) is 4.17. The largest absolute Gasteiger partial charge is 0.435 e. The van der Waals surface area contributed by atoms with E-state index in [1.165, 1.54) is 35.2 Å². The highest BCUT2D eigenvalue weighted by atomic mass is 32.2. The van der Waals surface area contributed by atoms with Crippen molar-refractivity contribution < 1.29 is 23.1 Å². The number of aryl methyl sites for hydroxylation is 1. The number of thioether (sulfide) groups is 1. The number of carbonyl (C=O) groups is 2. The van der Waals surface area contributed by atoms with E-state index in [1.807, 2.05) is 13.0 Å². The van der Waals surface area contributed by atoms with Crippen molar-refractivity contribution in [3.63, 3.8) is 0 Å². The van der Waals surface area contributed by atoms with Gasteiger partial charge in [0.2, 0.25) is 5.91 Å². The Hall–Kier alpha value is -2.78. The molecule has 1 amide bonds. The molecular weight excluding hydrogens is 430 g/mol. The molecule has 0 atom stereocenters. The Balaban J connectivity index is 1.53. The molecule has 5 nitrogen and oxygen atoms in total.